The van der Waals surface area contributed by atoms with E-state index in [0.29, 0.717) is 10.5 Å². The van der Waals surface area contributed by atoms with E-state index in [1.807, 2.05) is 0 Å². The summed E-state index contributed by atoms with van der Waals surface area (Å²) in [6.07, 6.45) is 3.42. The standard InChI is InChI=1S/C11H17N5O2/c1-8(17)13-11-14-10(7-9(12)16(11)18)15-5-3-2-4-6-15/h7,18H,2-6,12H2,1H3. The monoisotopic (exact) mass is 251 g/mol. The number of nitrogens with two attached hydrogens (primary N) is 1. The molecule has 18 heavy (non-hydrogen) atoms. The summed E-state index contributed by atoms with van der Waals surface area (Å²) in [4.78, 5) is 20.9. The van der Waals surface area contributed by atoms with Gasteiger partial charge in [-0.05, 0) is 19.3 Å². The summed E-state index contributed by atoms with van der Waals surface area (Å²) in [7, 11) is 0. The van der Waals surface area contributed by atoms with Crippen molar-refractivity contribution in [2.75, 3.05) is 23.7 Å². The Labute approximate surface area is 105 Å². The van der Waals surface area contributed by atoms with Crippen LogP contribution < -0.4 is 16.3 Å². The van der Waals surface area contributed by atoms with Crippen LogP contribution in [0.2, 0.25) is 0 Å². The quantitative estimate of drug-likeness (QED) is 0.692. The maximum absolute atomic E-state index is 11.0. The average Bonchev–Trinajstić information content (AvgIpc) is 2.35. The predicted octanol–water partition coefficient (Wildman–Crippen LogP) is 0.140. The first kappa shape index (κ1) is 12.4. The lowest BCUT2D eigenvalue weighted by Crippen LogP contribution is -2.34. The van der Waals surface area contributed by atoms with E-state index in [-0.39, 0.29) is 11.4 Å². The van der Waals surface area contributed by atoms with Crippen molar-refractivity contribution in [1.82, 2.24) is 9.71 Å². The zero-order chi connectivity index (χ0) is 13.1. The zero-order valence-corrected chi connectivity index (χ0v) is 10.3. The van der Waals surface area contributed by atoms with Crippen LogP contribution in [0, 0.1) is 0 Å². The van der Waals surface area contributed by atoms with Crippen LogP contribution in [0.25, 0.3) is 0 Å². The van der Waals surface area contributed by atoms with Crippen LogP contribution in [0.3, 0.4) is 0 Å². The maximum atomic E-state index is 11.0. The van der Waals surface area contributed by atoms with E-state index in [4.69, 9.17) is 5.73 Å². The number of aromatic nitrogens is 2. The molecule has 0 spiro atoms. The van der Waals surface area contributed by atoms with Gasteiger partial charge in [0, 0.05) is 26.1 Å². The number of nitrogen functional groups attached to an aromatic ring is 1. The highest BCUT2D eigenvalue weighted by Gasteiger charge is 2.14. The minimum atomic E-state index is -0.430. The lowest BCUT2D eigenvalue weighted by atomic mass is 10.1. The van der Waals surface area contributed by atoms with Gasteiger partial charge in [0.25, 0.3) is 5.62 Å². The Morgan fingerprint density at radius 1 is 1.44 bits per heavy atom. The fraction of sp³-hybridized carbons (Fsp3) is 0.545. The molecule has 2 rings (SSSR count). The molecule has 3 N–H and O–H groups in total. The van der Waals surface area contributed by atoms with Gasteiger partial charge in [-0.3, -0.25) is 4.79 Å². The predicted molar refractivity (Wildman–Crippen MR) is 66.1 cm³/mol. The molecule has 0 saturated carbocycles. The molecule has 7 heteroatoms. The number of carbonyl (C=O) groups excluding carboxylic acids is 1. The van der Waals surface area contributed by atoms with E-state index in [1.54, 1.807) is 6.07 Å². The largest absolute Gasteiger partial charge is 0.423 e. The van der Waals surface area contributed by atoms with Crippen LogP contribution in [-0.2, 0) is 4.79 Å². The van der Waals surface area contributed by atoms with Gasteiger partial charge >= 0.3 is 0 Å². The van der Waals surface area contributed by atoms with Crippen LogP contribution >= 0.6 is 0 Å². The fourth-order valence-electron chi connectivity index (χ4n) is 1.99. The van der Waals surface area contributed by atoms with Gasteiger partial charge in [0.15, 0.2) is 0 Å². The second-order valence-electron chi connectivity index (χ2n) is 4.33. The molecule has 0 atom stereocenters. The smallest absolute Gasteiger partial charge is 0.270 e. The number of piperidine rings is 1. The molecule has 2 heterocycles. The minimum absolute atomic E-state index is 0.0805. The van der Waals surface area contributed by atoms with E-state index >= 15 is 0 Å². The van der Waals surface area contributed by atoms with Crippen molar-refractivity contribution < 1.29 is 10.0 Å². The summed E-state index contributed by atoms with van der Waals surface area (Å²) in [5.41, 5.74) is 5.60. The summed E-state index contributed by atoms with van der Waals surface area (Å²) < 4.78 is 0.620. The number of hydrogen-bond acceptors (Lipinski definition) is 5. The molecule has 0 radical (unpaired) electrons. The fourth-order valence-corrected chi connectivity index (χ4v) is 1.99. The van der Waals surface area contributed by atoms with Crippen LogP contribution in [0.15, 0.2) is 11.1 Å². The van der Waals surface area contributed by atoms with Gasteiger partial charge in [-0.15, -0.1) is 4.73 Å². The van der Waals surface area contributed by atoms with Crippen molar-refractivity contribution in [3.8, 4) is 0 Å². The van der Waals surface area contributed by atoms with Gasteiger partial charge in [0.2, 0.25) is 5.91 Å². The molecule has 1 aliphatic heterocycles. The van der Waals surface area contributed by atoms with E-state index in [9.17, 15) is 10.0 Å². The van der Waals surface area contributed by atoms with Crippen LogP contribution in [0.1, 0.15) is 26.2 Å². The Bertz CT molecular complexity index is 517. The van der Waals surface area contributed by atoms with Gasteiger partial charge in [-0.25, -0.2) is 0 Å². The molecule has 0 aliphatic carbocycles. The number of amides is 1. The molecular weight excluding hydrogens is 234 g/mol. The van der Waals surface area contributed by atoms with Gasteiger partial charge in [0.05, 0.1) is 0 Å². The van der Waals surface area contributed by atoms with Crippen molar-refractivity contribution in [3.05, 3.63) is 11.7 Å². The van der Waals surface area contributed by atoms with Crippen molar-refractivity contribution in [3.63, 3.8) is 0 Å². The SMILES string of the molecule is CC(=O)N=c1nc(N2CCCCC2)cc(N)n1O. The molecule has 0 bridgehead atoms. The van der Waals surface area contributed by atoms with E-state index in [1.165, 1.54) is 13.3 Å². The second-order valence-corrected chi connectivity index (χ2v) is 4.33. The molecule has 0 aromatic carbocycles. The lowest BCUT2D eigenvalue weighted by molar-refractivity contribution is -0.116. The third kappa shape index (κ3) is 2.61. The topological polar surface area (TPSA) is 96.7 Å². The lowest BCUT2D eigenvalue weighted by Gasteiger charge is -2.27. The Kier molecular flexibility index (Phi) is 3.50. The van der Waals surface area contributed by atoms with Crippen molar-refractivity contribution >= 4 is 17.5 Å². The highest BCUT2D eigenvalue weighted by molar-refractivity contribution is 5.73. The molecule has 1 aromatic heterocycles. The molecule has 1 aromatic rings. The summed E-state index contributed by atoms with van der Waals surface area (Å²) in [6.45, 7) is 3.11. The Hall–Kier alpha value is -2.05. The minimum Gasteiger partial charge on any atom is -0.423 e. The summed E-state index contributed by atoms with van der Waals surface area (Å²) >= 11 is 0. The maximum Gasteiger partial charge on any atom is 0.270 e. The molecular formula is C11H17N5O2. The van der Waals surface area contributed by atoms with Gasteiger partial charge in [0.1, 0.15) is 11.6 Å². The number of nitrogens with zero attached hydrogens (tertiary/aromatic N) is 4. The zero-order valence-electron chi connectivity index (χ0n) is 10.3. The van der Waals surface area contributed by atoms with Crippen molar-refractivity contribution in [2.45, 2.75) is 26.2 Å². The number of hydrogen-bond donors (Lipinski definition) is 2. The highest BCUT2D eigenvalue weighted by atomic mass is 16.5. The summed E-state index contributed by atoms with van der Waals surface area (Å²) in [5.74, 6) is 0.337. The first-order valence-electron chi connectivity index (χ1n) is 5.97. The normalized spacial score (nSPS) is 16.9. The number of rotatable bonds is 1. The molecule has 1 aliphatic rings. The Balaban J connectivity index is 2.43. The second kappa shape index (κ2) is 5.07. The van der Waals surface area contributed by atoms with Crippen molar-refractivity contribution in [2.24, 2.45) is 4.99 Å². The number of carbonyl (C=O) groups is 1. The molecule has 1 fully saturated rings. The van der Waals surface area contributed by atoms with Gasteiger partial charge < -0.3 is 15.8 Å². The summed E-state index contributed by atoms with van der Waals surface area (Å²) in [6, 6.07) is 1.59. The van der Waals surface area contributed by atoms with Crippen molar-refractivity contribution in [1.29, 1.82) is 0 Å². The van der Waals surface area contributed by atoms with E-state index in [0.717, 1.165) is 25.9 Å². The first-order valence-corrected chi connectivity index (χ1v) is 5.97. The van der Waals surface area contributed by atoms with Gasteiger partial charge in [-0.2, -0.15) is 9.98 Å². The van der Waals surface area contributed by atoms with E-state index in [2.05, 4.69) is 14.9 Å². The third-order valence-corrected chi connectivity index (χ3v) is 2.86. The molecule has 98 valence electrons. The molecule has 7 nitrogen and oxygen atoms in total. The van der Waals surface area contributed by atoms with Crippen LogP contribution in [-0.4, -0.2) is 33.9 Å². The van der Waals surface area contributed by atoms with Crippen LogP contribution in [0.5, 0.6) is 0 Å². The van der Waals surface area contributed by atoms with E-state index < -0.39 is 5.91 Å². The number of anilines is 2. The molecule has 1 amide bonds. The molecule has 1 saturated heterocycles. The van der Waals surface area contributed by atoms with Gasteiger partial charge in [-0.1, -0.05) is 0 Å². The highest BCUT2D eigenvalue weighted by Crippen LogP contribution is 2.17. The third-order valence-electron chi connectivity index (χ3n) is 2.86. The molecule has 0 unspecified atom stereocenters. The van der Waals surface area contributed by atoms with Crippen LogP contribution in [0.4, 0.5) is 11.6 Å². The first-order chi connectivity index (χ1) is 8.58. The Morgan fingerprint density at radius 2 is 2.11 bits per heavy atom. The Morgan fingerprint density at radius 3 is 2.72 bits per heavy atom. The average molecular weight is 251 g/mol. The summed E-state index contributed by atoms with van der Waals surface area (Å²) in [5, 5.41) is 9.63.